The van der Waals surface area contributed by atoms with Crippen molar-refractivity contribution in [2.75, 3.05) is 7.05 Å². The second-order valence-electron chi connectivity index (χ2n) is 5.20. The van der Waals surface area contributed by atoms with Crippen molar-refractivity contribution in [1.29, 1.82) is 0 Å². The highest BCUT2D eigenvalue weighted by Gasteiger charge is 2.26. The first-order valence-corrected chi connectivity index (χ1v) is 6.72. The molecule has 112 valence electrons. The largest absolute Gasteiger partial charge is 0.364 e. The van der Waals surface area contributed by atoms with Gasteiger partial charge in [0.1, 0.15) is 12.0 Å². The highest BCUT2D eigenvalue weighted by Crippen LogP contribution is 2.24. The first-order chi connectivity index (χ1) is 9.84. The maximum Gasteiger partial charge on any atom is 0.256 e. The first kappa shape index (κ1) is 15.0. The molecule has 2 aromatic heterocycles. The van der Waals surface area contributed by atoms with Crippen LogP contribution in [0, 0.1) is 13.8 Å². The molecule has 0 aliphatic rings. The Labute approximate surface area is 123 Å². The van der Waals surface area contributed by atoms with Gasteiger partial charge in [-0.2, -0.15) is 0 Å². The Kier molecular flexibility index (Phi) is 3.97. The fourth-order valence-electron chi connectivity index (χ4n) is 2.41. The zero-order valence-corrected chi connectivity index (χ0v) is 12.9. The summed E-state index contributed by atoms with van der Waals surface area (Å²) >= 11 is 0. The van der Waals surface area contributed by atoms with Crippen molar-refractivity contribution in [2.45, 2.75) is 33.7 Å². The lowest BCUT2D eigenvalue weighted by Crippen LogP contribution is -2.30. The van der Waals surface area contributed by atoms with Gasteiger partial charge in [-0.3, -0.25) is 9.59 Å². The molecule has 6 heteroatoms. The third kappa shape index (κ3) is 2.61. The molecule has 0 saturated heterocycles. The van der Waals surface area contributed by atoms with Crippen LogP contribution in [0.5, 0.6) is 0 Å². The van der Waals surface area contributed by atoms with Crippen molar-refractivity contribution in [3.05, 3.63) is 40.5 Å². The van der Waals surface area contributed by atoms with Crippen LogP contribution in [0.3, 0.4) is 0 Å². The molecule has 0 radical (unpaired) electrons. The number of hydrogen-bond donors (Lipinski definition) is 1. The summed E-state index contributed by atoms with van der Waals surface area (Å²) in [6.45, 7) is 6.93. The van der Waals surface area contributed by atoms with Crippen LogP contribution in [0.25, 0.3) is 0 Å². The van der Waals surface area contributed by atoms with Crippen LogP contribution >= 0.6 is 0 Å². The number of amides is 1. The van der Waals surface area contributed by atoms with E-state index >= 15 is 0 Å². The average Bonchev–Trinajstić information content (AvgIpc) is 3.05. The number of aryl methyl sites for hydroxylation is 1. The van der Waals surface area contributed by atoms with Crippen molar-refractivity contribution >= 4 is 11.7 Å². The summed E-state index contributed by atoms with van der Waals surface area (Å²) < 4.78 is 4.82. The van der Waals surface area contributed by atoms with E-state index in [4.69, 9.17) is 4.52 Å². The number of Topliss-reactive ketones (excluding diaryl/α,β-unsaturated/α-hetero) is 1. The van der Waals surface area contributed by atoms with Gasteiger partial charge in [0, 0.05) is 25.7 Å². The number of rotatable bonds is 4. The minimum absolute atomic E-state index is 0.0816. The molecule has 0 aliphatic heterocycles. The van der Waals surface area contributed by atoms with Crippen LogP contribution in [0.2, 0.25) is 0 Å². The van der Waals surface area contributed by atoms with E-state index in [0.717, 1.165) is 0 Å². The maximum absolute atomic E-state index is 12.7. The summed E-state index contributed by atoms with van der Waals surface area (Å²) in [5.41, 5.74) is 3.09. The lowest BCUT2D eigenvalue weighted by molar-refractivity contribution is 0.0736. The van der Waals surface area contributed by atoms with Gasteiger partial charge in [-0.15, -0.1) is 0 Å². The predicted molar refractivity (Wildman–Crippen MR) is 77.3 cm³/mol. The van der Waals surface area contributed by atoms with E-state index in [1.807, 2.05) is 6.92 Å². The Morgan fingerprint density at radius 2 is 2.05 bits per heavy atom. The summed E-state index contributed by atoms with van der Waals surface area (Å²) in [7, 11) is 1.71. The Morgan fingerprint density at radius 3 is 2.52 bits per heavy atom. The van der Waals surface area contributed by atoms with E-state index < -0.39 is 0 Å². The summed E-state index contributed by atoms with van der Waals surface area (Å²) in [4.78, 5) is 28.8. The molecule has 2 heterocycles. The summed E-state index contributed by atoms with van der Waals surface area (Å²) in [6.07, 6.45) is 1.48. The number of nitrogens with zero attached hydrogens (tertiary/aromatic N) is 2. The van der Waals surface area contributed by atoms with Crippen molar-refractivity contribution in [3.63, 3.8) is 0 Å². The number of nitrogens with one attached hydrogen (secondary N) is 1. The quantitative estimate of drug-likeness (QED) is 0.877. The molecule has 1 atom stereocenters. The topological polar surface area (TPSA) is 79.2 Å². The van der Waals surface area contributed by atoms with E-state index in [1.165, 1.54) is 13.2 Å². The zero-order valence-electron chi connectivity index (χ0n) is 12.9. The van der Waals surface area contributed by atoms with Gasteiger partial charge in [-0.25, -0.2) is 0 Å². The average molecular weight is 289 g/mol. The van der Waals surface area contributed by atoms with Crippen molar-refractivity contribution in [3.8, 4) is 0 Å². The minimum Gasteiger partial charge on any atom is -0.364 e. The van der Waals surface area contributed by atoms with Crippen LogP contribution in [0.4, 0.5) is 0 Å². The molecule has 0 bridgehead atoms. The van der Waals surface area contributed by atoms with Gasteiger partial charge in [0.25, 0.3) is 5.91 Å². The van der Waals surface area contributed by atoms with E-state index in [9.17, 15) is 9.59 Å². The molecule has 2 aromatic rings. The normalized spacial score (nSPS) is 12.2. The molecule has 0 saturated carbocycles. The van der Waals surface area contributed by atoms with Gasteiger partial charge in [-0.05, 0) is 26.3 Å². The van der Waals surface area contributed by atoms with E-state index in [2.05, 4.69) is 10.1 Å². The highest BCUT2D eigenvalue weighted by atomic mass is 16.5. The molecule has 1 unspecified atom stereocenters. The third-order valence-corrected chi connectivity index (χ3v) is 3.79. The van der Waals surface area contributed by atoms with Crippen LogP contribution in [-0.2, 0) is 0 Å². The van der Waals surface area contributed by atoms with Gasteiger partial charge in [0.2, 0.25) is 0 Å². The van der Waals surface area contributed by atoms with Crippen molar-refractivity contribution in [2.24, 2.45) is 0 Å². The van der Waals surface area contributed by atoms with E-state index in [1.54, 1.807) is 31.9 Å². The Morgan fingerprint density at radius 1 is 1.38 bits per heavy atom. The summed E-state index contributed by atoms with van der Waals surface area (Å²) in [5, 5.41) is 3.86. The molecule has 0 fully saturated rings. The number of hydrogen-bond acceptors (Lipinski definition) is 4. The van der Waals surface area contributed by atoms with Gasteiger partial charge < -0.3 is 14.4 Å². The first-order valence-electron chi connectivity index (χ1n) is 6.72. The van der Waals surface area contributed by atoms with Crippen LogP contribution in [0.1, 0.15) is 57.7 Å². The van der Waals surface area contributed by atoms with E-state index in [0.29, 0.717) is 28.2 Å². The summed E-state index contributed by atoms with van der Waals surface area (Å²) in [6, 6.07) is 1.51. The minimum atomic E-state index is -0.217. The van der Waals surface area contributed by atoms with Crippen LogP contribution < -0.4 is 0 Å². The second kappa shape index (κ2) is 5.55. The lowest BCUT2D eigenvalue weighted by atomic mass is 10.1. The fourth-order valence-corrected chi connectivity index (χ4v) is 2.41. The standard InChI is InChI=1S/C15H19N3O3/c1-8-13(9(2)16-14(8)11(4)19)15(20)18(5)10(3)12-6-7-21-17-12/h6-7,10,16H,1-5H3. The molecule has 21 heavy (non-hydrogen) atoms. The molecule has 0 spiro atoms. The molecular formula is C15H19N3O3. The second-order valence-corrected chi connectivity index (χ2v) is 5.20. The van der Waals surface area contributed by atoms with Gasteiger partial charge in [-0.1, -0.05) is 5.16 Å². The fraction of sp³-hybridized carbons (Fsp3) is 0.400. The Balaban J connectivity index is 2.34. The number of H-pyrrole nitrogens is 1. The van der Waals surface area contributed by atoms with Crippen molar-refractivity contribution in [1.82, 2.24) is 15.0 Å². The molecule has 2 rings (SSSR count). The van der Waals surface area contributed by atoms with Gasteiger partial charge in [0.15, 0.2) is 5.78 Å². The number of aromatic amines is 1. The summed E-state index contributed by atoms with van der Waals surface area (Å²) in [5.74, 6) is -0.230. The van der Waals surface area contributed by atoms with Crippen molar-refractivity contribution < 1.29 is 14.1 Å². The number of ketones is 1. The number of carbonyl (C=O) groups is 2. The van der Waals surface area contributed by atoms with E-state index in [-0.39, 0.29) is 17.7 Å². The molecule has 1 N–H and O–H groups in total. The molecular weight excluding hydrogens is 270 g/mol. The lowest BCUT2D eigenvalue weighted by Gasteiger charge is -2.23. The van der Waals surface area contributed by atoms with Crippen LogP contribution in [0.15, 0.2) is 16.9 Å². The predicted octanol–water partition coefficient (Wildman–Crippen LogP) is 2.66. The number of aromatic nitrogens is 2. The smallest absolute Gasteiger partial charge is 0.256 e. The highest BCUT2D eigenvalue weighted by molar-refractivity contribution is 6.02. The van der Waals surface area contributed by atoms with Crippen LogP contribution in [-0.4, -0.2) is 33.8 Å². The molecule has 0 aliphatic carbocycles. The maximum atomic E-state index is 12.7. The molecule has 0 aromatic carbocycles. The Bertz CT molecular complexity index is 671. The monoisotopic (exact) mass is 289 g/mol. The third-order valence-electron chi connectivity index (χ3n) is 3.79. The van der Waals surface area contributed by atoms with Gasteiger partial charge in [0.05, 0.1) is 17.3 Å². The number of carbonyl (C=O) groups excluding carboxylic acids is 2. The Hall–Kier alpha value is -2.37. The zero-order chi connectivity index (χ0) is 15.7. The molecule has 6 nitrogen and oxygen atoms in total. The molecule has 1 amide bonds. The van der Waals surface area contributed by atoms with Gasteiger partial charge >= 0.3 is 0 Å². The SMILES string of the molecule is CC(=O)c1[nH]c(C)c(C(=O)N(C)C(C)c2ccon2)c1C.